The number of aryl methyl sites for hydroxylation is 1. The lowest BCUT2D eigenvalue weighted by atomic mass is 10.00. The number of carbonyl (C=O) groups is 2. The predicted octanol–water partition coefficient (Wildman–Crippen LogP) is 2.09. The van der Waals surface area contributed by atoms with Crippen molar-refractivity contribution in [2.45, 2.75) is 45.6 Å². The quantitative estimate of drug-likeness (QED) is 0.778. The molecule has 0 bridgehead atoms. The third-order valence-corrected chi connectivity index (χ3v) is 4.49. The van der Waals surface area contributed by atoms with Gasteiger partial charge in [0.05, 0.1) is 18.1 Å². The van der Waals surface area contributed by atoms with Crippen molar-refractivity contribution >= 4 is 23.4 Å². The summed E-state index contributed by atoms with van der Waals surface area (Å²) in [5, 5.41) is 2.12. The Hall–Kier alpha value is -2.57. The van der Waals surface area contributed by atoms with Crippen molar-refractivity contribution in [1.29, 1.82) is 0 Å². The van der Waals surface area contributed by atoms with Crippen LogP contribution in [-0.4, -0.2) is 28.6 Å². The van der Waals surface area contributed by atoms with Gasteiger partial charge in [0.15, 0.2) is 0 Å². The molecule has 0 radical (unpaired) electrons. The lowest BCUT2D eigenvalue weighted by Crippen LogP contribution is -2.27. The molecule has 1 unspecified atom stereocenters. The van der Waals surface area contributed by atoms with E-state index in [0.29, 0.717) is 12.8 Å². The molecule has 2 amide bonds. The number of ether oxygens (including phenoxy) is 1. The number of hydrogen-bond donors (Lipinski definition) is 1. The van der Waals surface area contributed by atoms with E-state index in [0.717, 1.165) is 22.3 Å². The Kier molecular flexibility index (Phi) is 5.66. The summed E-state index contributed by atoms with van der Waals surface area (Å²) in [6.07, 6.45) is 1.01. The number of methoxy groups -OCH3 is 1. The number of fused-ring (bicyclic) bond motifs is 1. The van der Waals surface area contributed by atoms with Crippen LogP contribution in [0.25, 0.3) is 11.0 Å². The lowest BCUT2D eigenvalue weighted by molar-refractivity contribution is -0.125. The highest BCUT2D eigenvalue weighted by molar-refractivity contribution is 5.86. The van der Waals surface area contributed by atoms with Crippen LogP contribution >= 0.6 is 0 Å². The van der Waals surface area contributed by atoms with E-state index in [4.69, 9.17) is 4.74 Å². The number of carbonyl (C=O) groups excluding carboxylic acids is 2. The van der Waals surface area contributed by atoms with E-state index < -0.39 is 0 Å². The van der Waals surface area contributed by atoms with Gasteiger partial charge in [-0.2, -0.15) is 0 Å². The van der Waals surface area contributed by atoms with Gasteiger partial charge in [-0.25, -0.2) is 4.79 Å². The minimum Gasteiger partial charge on any atom is -0.496 e. The monoisotopic (exact) mass is 347 g/mol. The molecule has 0 aliphatic rings. The van der Waals surface area contributed by atoms with Crippen molar-refractivity contribution in [3.8, 4) is 5.75 Å². The van der Waals surface area contributed by atoms with Gasteiger partial charge in [-0.1, -0.05) is 13.8 Å². The summed E-state index contributed by atoms with van der Waals surface area (Å²) < 4.78 is 8.81. The maximum absolute atomic E-state index is 12.8. The molecular weight excluding hydrogens is 322 g/mol. The fourth-order valence-electron chi connectivity index (χ4n) is 3.25. The van der Waals surface area contributed by atoms with Crippen molar-refractivity contribution in [2.75, 3.05) is 7.11 Å². The molecule has 0 aliphatic heterocycles. The van der Waals surface area contributed by atoms with Crippen LogP contribution in [0.2, 0.25) is 0 Å². The minimum absolute atomic E-state index is 0.131. The Morgan fingerprint density at radius 3 is 2.56 bits per heavy atom. The first-order valence-electron chi connectivity index (χ1n) is 8.34. The van der Waals surface area contributed by atoms with Crippen LogP contribution in [0.15, 0.2) is 16.9 Å². The molecule has 136 valence electrons. The Morgan fingerprint density at radius 2 is 2.00 bits per heavy atom. The molecule has 25 heavy (non-hydrogen) atoms. The van der Waals surface area contributed by atoms with Crippen LogP contribution in [0, 0.1) is 0 Å². The first-order valence-corrected chi connectivity index (χ1v) is 8.34. The molecule has 0 saturated heterocycles. The molecule has 0 fully saturated rings. The average Bonchev–Trinajstić information content (AvgIpc) is 2.83. The van der Waals surface area contributed by atoms with E-state index in [9.17, 15) is 14.4 Å². The third kappa shape index (κ3) is 3.45. The summed E-state index contributed by atoms with van der Waals surface area (Å²) in [5.41, 5.74) is 2.53. The van der Waals surface area contributed by atoms with Gasteiger partial charge in [0.1, 0.15) is 5.75 Å². The van der Waals surface area contributed by atoms with E-state index in [1.807, 2.05) is 19.1 Å². The molecule has 1 N–H and O–H groups in total. The zero-order chi connectivity index (χ0) is 18.7. The van der Waals surface area contributed by atoms with Gasteiger partial charge in [0, 0.05) is 25.1 Å². The average molecular weight is 347 g/mol. The van der Waals surface area contributed by atoms with E-state index in [1.165, 1.54) is 0 Å². The summed E-state index contributed by atoms with van der Waals surface area (Å²) >= 11 is 0. The molecule has 1 atom stereocenters. The number of imide groups is 1. The summed E-state index contributed by atoms with van der Waals surface area (Å²) in [4.78, 5) is 34.6. The SMILES string of the molecule is COc1ccc2c(c1C(C)C)n(C)c(=O)n2C(C)CCC(=O)NC=O. The van der Waals surface area contributed by atoms with Gasteiger partial charge in [-0.15, -0.1) is 0 Å². The first-order chi connectivity index (χ1) is 11.8. The van der Waals surface area contributed by atoms with Crippen LogP contribution in [0.5, 0.6) is 5.75 Å². The number of rotatable bonds is 7. The standard InChI is InChI=1S/C18H25N3O4/c1-11(2)16-14(25-5)8-7-13-17(16)20(4)18(24)21(13)12(3)6-9-15(23)19-10-22/h7-8,10-12H,6,9H2,1-5H3,(H,19,22,23). The van der Waals surface area contributed by atoms with E-state index in [1.54, 1.807) is 23.3 Å². The molecule has 7 heteroatoms. The normalized spacial score (nSPS) is 12.4. The van der Waals surface area contributed by atoms with Gasteiger partial charge in [-0.3, -0.25) is 24.0 Å². The van der Waals surface area contributed by atoms with Crippen LogP contribution in [0.4, 0.5) is 0 Å². The number of amides is 2. The third-order valence-electron chi connectivity index (χ3n) is 4.49. The zero-order valence-corrected chi connectivity index (χ0v) is 15.3. The summed E-state index contributed by atoms with van der Waals surface area (Å²) in [7, 11) is 3.37. The van der Waals surface area contributed by atoms with E-state index in [-0.39, 0.29) is 30.0 Å². The summed E-state index contributed by atoms with van der Waals surface area (Å²) in [6.45, 7) is 6.02. The largest absolute Gasteiger partial charge is 0.496 e. The summed E-state index contributed by atoms with van der Waals surface area (Å²) in [6, 6.07) is 3.57. The van der Waals surface area contributed by atoms with Gasteiger partial charge < -0.3 is 4.74 Å². The summed E-state index contributed by atoms with van der Waals surface area (Å²) in [5.74, 6) is 0.599. The molecule has 1 heterocycles. The van der Waals surface area contributed by atoms with Crippen LogP contribution in [-0.2, 0) is 16.6 Å². The van der Waals surface area contributed by atoms with Crippen molar-refractivity contribution in [2.24, 2.45) is 7.05 Å². The second-order valence-electron chi connectivity index (χ2n) is 6.49. The molecule has 0 aliphatic carbocycles. The zero-order valence-electron chi connectivity index (χ0n) is 15.3. The molecule has 2 aromatic rings. The minimum atomic E-state index is -0.348. The Labute approximate surface area is 146 Å². The number of nitrogens with one attached hydrogen (secondary N) is 1. The van der Waals surface area contributed by atoms with Gasteiger partial charge in [-0.05, 0) is 31.4 Å². The predicted molar refractivity (Wildman–Crippen MR) is 96.0 cm³/mol. The first kappa shape index (κ1) is 18.8. The molecule has 0 saturated carbocycles. The van der Waals surface area contributed by atoms with Gasteiger partial charge in [0.25, 0.3) is 0 Å². The van der Waals surface area contributed by atoms with Crippen molar-refractivity contribution < 1.29 is 14.3 Å². The van der Waals surface area contributed by atoms with E-state index >= 15 is 0 Å². The van der Waals surface area contributed by atoms with Crippen molar-refractivity contribution in [3.05, 3.63) is 28.2 Å². The van der Waals surface area contributed by atoms with Crippen molar-refractivity contribution in [1.82, 2.24) is 14.5 Å². The van der Waals surface area contributed by atoms with Crippen LogP contribution in [0.1, 0.15) is 51.1 Å². The van der Waals surface area contributed by atoms with Crippen molar-refractivity contribution in [3.63, 3.8) is 0 Å². The van der Waals surface area contributed by atoms with Crippen LogP contribution in [0.3, 0.4) is 0 Å². The molecule has 2 rings (SSSR count). The second-order valence-corrected chi connectivity index (χ2v) is 6.49. The Morgan fingerprint density at radius 1 is 1.32 bits per heavy atom. The number of imidazole rings is 1. The smallest absolute Gasteiger partial charge is 0.329 e. The molecule has 7 nitrogen and oxygen atoms in total. The fraction of sp³-hybridized carbons (Fsp3) is 0.500. The molecule has 0 spiro atoms. The van der Waals surface area contributed by atoms with Crippen LogP contribution < -0.4 is 15.7 Å². The highest BCUT2D eigenvalue weighted by Crippen LogP contribution is 2.34. The maximum atomic E-state index is 12.8. The van der Waals surface area contributed by atoms with E-state index in [2.05, 4.69) is 19.2 Å². The second kappa shape index (κ2) is 7.55. The van der Waals surface area contributed by atoms with Gasteiger partial charge >= 0.3 is 5.69 Å². The Balaban J connectivity index is 2.53. The lowest BCUT2D eigenvalue weighted by Gasteiger charge is -2.16. The number of benzene rings is 1. The molecule has 1 aromatic carbocycles. The number of aromatic nitrogens is 2. The number of hydrogen-bond acceptors (Lipinski definition) is 4. The fourth-order valence-corrected chi connectivity index (χ4v) is 3.25. The molecule has 1 aromatic heterocycles. The number of nitrogens with zero attached hydrogens (tertiary/aromatic N) is 2. The maximum Gasteiger partial charge on any atom is 0.329 e. The highest BCUT2D eigenvalue weighted by atomic mass is 16.5. The highest BCUT2D eigenvalue weighted by Gasteiger charge is 2.22. The molecular formula is C18H25N3O4. The van der Waals surface area contributed by atoms with Gasteiger partial charge in [0.2, 0.25) is 12.3 Å². The topological polar surface area (TPSA) is 82.3 Å². The Bertz CT molecular complexity index is 848.